The van der Waals surface area contributed by atoms with Crippen LogP contribution in [0.1, 0.15) is 42.1 Å². The lowest BCUT2D eigenvalue weighted by Gasteiger charge is -2.42. The van der Waals surface area contributed by atoms with Crippen LogP contribution in [0.25, 0.3) is 0 Å². The normalized spacial score (nSPS) is 16.2. The summed E-state index contributed by atoms with van der Waals surface area (Å²) < 4.78 is 13.2. The zero-order valence-corrected chi connectivity index (χ0v) is 15.9. The van der Waals surface area contributed by atoms with E-state index in [2.05, 4.69) is 5.32 Å². The minimum absolute atomic E-state index is 0.153. The molecule has 2 N–H and O–H groups in total. The van der Waals surface area contributed by atoms with Gasteiger partial charge in [0.15, 0.2) is 0 Å². The molecule has 1 amide bonds. The lowest BCUT2D eigenvalue weighted by atomic mass is 9.64. The second-order valence-electron chi connectivity index (χ2n) is 6.92. The molecule has 1 fully saturated rings. The highest BCUT2D eigenvalue weighted by atomic mass is 32.2. The first-order chi connectivity index (χ1) is 12.9. The highest BCUT2D eigenvalue weighted by Gasteiger charge is 2.39. The van der Waals surface area contributed by atoms with E-state index in [9.17, 15) is 14.0 Å². The molecule has 0 heterocycles. The summed E-state index contributed by atoms with van der Waals surface area (Å²) in [6.45, 7) is 2.07. The van der Waals surface area contributed by atoms with Gasteiger partial charge in [-0.3, -0.25) is 9.59 Å². The second kappa shape index (κ2) is 8.13. The van der Waals surface area contributed by atoms with Crippen LogP contribution in [0.15, 0.2) is 53.4 Å². The van der Waals surface area contributed by atoms with Crippen molar-refractivity contribution in [1.82, 2.24) is 5.32 Å². The van der Waals surface area contributed by atoms with E-state index in [1.807, 2.05) is 0 Å². The number of carboxylic acids is 1. The van der Waals surface area contributed by atoms with Crippen molar-refractivity contribution in [2.75, 3.05) is 6.54 Å². The highest BCUT2D eigenvalue weighted by Crippen LogP contribution is 2.43. The molecule has 0 aliphatic heterocycles. The number of nitrogens with one attached hydrogen (secondary N) is 1. The SMILES string of the molecule is CC(Sc1ccccc1C(=O)NCC1(c2ccc(F)cc2)CCC1)C(=O)O. The van der Waals surface area contributed by atoms with Crippen LogP contribution >= 0.6 is 11.8 Å². The first kappa shape index (κ1) is 19.4. The Morgan fingerprint density at radius 1 is 1.19 bits per heavy atom. The van der Waals surface area contributed by atoms with Crippen LogP contribution in [-0.4, -0.2) is 28.8 Å². The summed E-state index contributed by atoms with van der Waals surface area (Å²) in [5.41, 5.74) is 1.36. The molecule has 3 rings (SSSR count). The number of carboxylic acid groups (broad SMARTS) is 1. The summed E-state index contributed by atoms with van der Waals surface area (Å²) >= 11 is 1.16. The molecule has 0 spiro atoms. The standard InChI is InChI=1S/C21H22FNO3S/c1-14(20(25)26)27-18-6-3-2-5-17(18)19(24)23-13-21(11-4-12-21)15-7-9-16(22)10-8-15/h2-3,5-10,14H,4,11-13H2,1H3,(H,23,24)(H,25,26). The van der Waals surface area contributed by atoms with Crippen LogP contribution < -0.4 is 5.32 Å². The van der Waals surface area contributed by atoms with E-state index in [0.29, 0.717) is 17.0 Å². The summed E-state index contributed by atoms with van der Waals surface area (Å²) in [6.07, 6.45) is 2.98. The van der Waals surface area contributed by atoms with Crippen molar-refractivity contribution in [3.8, 4) is 0 Å². The Morgan fingerprint density at radius 3 is 2.44 bits per heavy atom. The molecule has 27 heavy (non-hydrogen) atoms. The zero-order chi connectivity index (χ0) is 19.4. The Bertz CT molecular complexity index is 834. The smallest absolute Gasteiger partial charge is 0.316 e. The van der Waals surface area contributed by atoms with Crippen LogP contribution in [0.4, 0.5) is 4.39 Å². The van der Waals surface area contributed by atoms with Crippen LogP contribution in [0, 0.1) is 5.82 Å². The number of carbonyl (C=O) groups is 2. The van der Waals surface area contributed by atoms with Gasteiger partial charge < -0.3 is 10.4 Å². The fourth-order valence-electron chi connectivity index (χ4n) is 3.32. The van der Waals surface area contributed by atoms with Gasteiger partial charge in [-0.25, -0.2) is 4.39 Å². The van der Waals surface area contributed by atoms with Gasteiger partial charge in [-0.1, -0.05) is 30.7 Å². The van der Waals surface area contributed by atoms with Crippen molar-refractivity contribution in [1.29, 1.82) is 0 Å². The largest absolute Gasteiger partial charge is 0.480 e. The molecule has 2 aromatic rings. The predicted octanol–water partition coefficient (Wildman–Crippen LogP) is 4.24. The quantitative estimate of drug-likeness (QED) is 0.698. The monoisotopic (exact) mass is 387 g/mol. The molecule has 142 valence electrons. The lowest BCUT2D eigenvalue weighted by Crippen LogP contribution is -2.45. The molecule has 0 radical (unpaired) electrons. The van der Waals surface area contributed by atoms with Crippen LogP contribution in [0.3, 0.4) is 0 Å². The Morgan fingerprint density at radius 2 is 1.85 bits per heavy atom. The Labute approximate surface area is 162 Å². The lowest BCUT2D eigenvalue weighted by molar-refractivity contribution is -0.136. The van der Waals surface area contributed by atoms with E-state index in [1.165, 1.54) is 12.1 Å². The van der Waals surface area contributed by atoms with Crippen molar-refractivity contribution in [3.63, 3.8) is 0 Å². The van der Waals surface area contributed by atoms with Crippen molar-refractivity contribution in [2.45, 2.75) is 41.7 Å². The summed E-state index contributed by atoms with van der Waals surface area (Å²) in [5, 5.41) is 11.5. The maximum Gasteiger partial charge on any atom is 0.316 e. The fourth-order valence-corrected chi connectivity index (χ4v) is 4.24. The minimum Gasteiger partial charge on any atom is -0.480 e. The van der Waals surface area contributed by atoms with Crippen molar-refractivity contribution in [2.24, 2.45) is 0 Å². The van der Waals surface area contributed by atoms with Gasteiger partial charge in [-0.05, 0) is 49.6 Å². The zero-order valence-electron chi connectivity index (χ0n) is 15.1. The van der Waals surface area contributed by atoms with Gasteiger partial charge in [-0.2, -0.15) is 0 Å². The third-order valence-electron chi connectivity index (χ3n) is 5.14. The van der Waals surface area contributed by atoms with Crippen molar-refractivity contribution >= 4 is 23.6 Å². The Balaban J connectivity index is 1.72. The average molecular weight is 387 g/mol. The van der Waals surface area contributed by atoms with Gasteiger partial charge in [0.2, 0.25) is 0 Å². The second-order valence-corrected chi connectivity index (χ2v) is 8.30. The molecule has 0 bridgehead atoms. The number of aliphatic carboxylic acids is 1. The molecular weight excluding hydrogens is 365 g/mol. The summed E-state index contributed by atoms with van der Waals surface area (Å²) in [7, 11) is 0. The predicted molar refractivity (Wildman–Crippen MR) is 104 cm³/mol. The number of rotatable bonds is 7. The highest BCUT2D eigenvalue weighted by molar-refractivity contribution is 8.00. The maximum atomic E-state index is 13.2. The topological polar surface area (TPSA) is 66.4 Å². The molecule has 1 unspecified atom stereocenters. The van der Waals surface area contributed by atoms with Gasteiger partial charge in [0.05, 0.1) is 5.56 Å². The number of carbonyl (C=O) groups excluding carboxylic acids is 1. The first-order valence-electron chi connectivity index (χ1n) is 8.94. The van der Waals surface area contributed by atoms with E-state index in [1.54, 1.807) is 43.3 Å². The van der Waals surface area contributed by atoms with Gasteiger partial charge in [-0.15, -0.1) is 11.8 Å². The van der Waals surface area contributed by atoms with Crippen molar-refractivity contribution in [3.05, 3.63) is 65.5 Å². The van der Waals surface area contributed by atoms with E-state index >= 15 is 0 Å². The van der Waals surface area contributed by atoms with Gasteiger partial charge in [0.1, 0.15) is 11.1 Å². The summed E-state index contributed by atoms with van der Waals surface area (Å²) in [6, 6.07) is 13.5. The molecule has 1 aliphatic rings. The van der Waals surface area contributed by atoms with Gasteiger partial charge >= 0.3 is 5.97 Å². The van der Waals surface area contributed by atoms with E-state index in [4.69, 9.17) is 5.11 Å². The van der Waals surface area contributed by atoms with Crippen LogP contribution in [0.5, 0.6) is 0 Å². The van der Waals surface area contributed by atoms with Crippen molar-refractivity contribution < 1.29 is 19.1 Å². The van der Waals surface area contributed by atoms with Gasteiger partial charge in [0, 0.05) is 16.9 Å². The van der Waals surface area contributed by atoms with Gasteiger partial charge in [0.25, 0.3) is 5.91 Å². The van der Waals surface area contributed by atoms with E-state index in [0.717, 1.165) is 36.6 Å². The number of thioether (sulfide) groups is 1. The molecular formula is C21H22FNO3S. The number of hydrogen-bond acceptors (Lipinski definition) is 3. The minimum atomic E-state index is -0.917. The Hall–Kier alpha value is -2.34. The Kier molecular flexibility index (Phi) is 5.85. The fraction of sp³-hybridized carbons (Fsp3) is 0.333. The third kappa shape index (κ3) is 4.33. The molecule has 1 saturated carbocycles. The molecule has 0 saturated heterocycles. The summed E-state index contributed by atoms with van der Waals surface area (Å²) in [5.74, 6) is -1.40. The molecule has 0 aromatic heterocycles. The third-order valence-corrected chi connectivity index (χ3v) is 6.30. The first-order valence-corrected chi connectivity index (χ1v) is 9.82. The number of halogens is 1. The van der Waals surface area contributed by atoms with E-state index in [-0.39, 0.29) is 17.1 Å². The van der Waals surface area contributed by atoms with Crippen LogP contribution in [-0.2, 0) is 10.2 Å². The van der Waals surface area contributed by atoms with E-state index < -0.39 is 11.2 Å². The number of benzene rings is 2. The number of amides is 1. The summed E-state index contributed by atoms with van der Waals surface area (Å²) in [4.78, 5) is 24.5. The number of hydrogen-bond donors (Lipinski definition) is 2. The molecule has 1 aliphatic carbocycles. The van der Waals surface area contributed by atoms with Crippen LogP contribution in [0.2, 0.25) is 0 Å². The maximum absolute atomic E-state index is 13.2. The average Bonchev–Trinajstić information content (AvgIpc) is 2.62. The molecule has 4 nitrogen and oxygen atoms in total. The molecule has 6 heteroatoms. The molecule has 2 aromatic carbocycles. The molecule has 1 atom stereocenters.